The summed E-state index contributed by atoms with van der Waals surface area (Å²) in [5, 5.41) is 11.6. The molecule has 0 aliphatic heterocycles. The lowest BCUT2D eigenvalue weighted by Crippen LogP contribution is -2.46. The van der Waals surface area contributed by atoms with Crippen molar-refractivity contribution in [2.45, 2.75) is 20.4 Å². The minimum absolute atomic E-state index is 0.0971. The maximum Gasteiger partial charge on any atom is 0.235 e. The van der Waals surface area contributed by atoms with E-state index in [-0.39, 0.29) is 11.7 Å². The zero-order chi connectivity index (χ0) is 14.6. The molecular formula is C13H18BrN3O2. The van der Waals surface area contributed by atoms with E-state index in [1.807, 2.05) is 24.3 Å². The first-order valence-corrected chi connectivity index (χ1v) is 6.56. The highest BCUT2D eigenvalue weighted by Crippen LogP contribution is 2.20. The Labute approximate surface area is 121 Å². The van der Waals surface area contributed by atoms with E-state index in [4.69, 9.17) is 10.9 Å². The first kappa shape index (κ1) is 15.5. The number of halogens is 1. The van der Waals surface area contributed by atoms with Gasteiger partial charge in [-0.15, -0.1) is 0 Å². The largest absolute Gasteiger partial charge is 0.409 e. The number of amidine groups is 1. The van der Waals surface area contributed by atoms with Crippen molar-refractivity contribution in [2.24, 2.45) is 16.3 Å². The predicted molar refractivity (Wildman–Crippen MR) is 77.8 cm³/mol. The first-order chi connectivity index (χ1) is 8.78. The maximum atomic E-state index is 12.3. The highest BCUT2D eigenvalue weighted by atomic mass is 79.9. The number of amides is 1. The summed E-state index contributed by atoms with van der Waals surface area (Å²) in [6.07, 6.45) is 0. The Balaban J connectivity index is 2.81. The molecule has 0 heterocycles. The van der Waals surface area contributed by atoms with Gasteiger partial charge >= 0.3 is 0 Å². The molecule has 1 amide bonds. The summed E-state index contributed by atoms with van der Waals surface area (Å²) in [7, 11) is 1.69. The lowest BCUT2D eigenvalue weighted by Gasteiger charge is -2.28. The minimum Gasteiger partial charge on any atom is -0.409 e. The second-order valence-electron chi connectivity index (χ2n) is 4.90. The van der Waals surface area contributed by atoms with E-state index in [2.05, 4.69) is 21.1 Å². The van der Waals surface area contributed by atoms with E-state index >= 15 is 0 Å². The Morgan fingerprint density at radius 3 is 2.42 bits per heavy atom. The molecule has 19 heavy (non-hydrogen) atoms. The Kier molecular flexibility index (Phi) is 4.94. The average Bonchev–Trinajstić information content (AvgIpc) is 2.39. The molecule has 0 aliphatic rings. The Hall–Kier alpha value is -1.56. The summed E-state index contributed by atoms with van der Waals surface area (Å²) in [4.78, 5) is 13.8. The van der Waals surface area contributed by atoms with Gasteiger partial charge in [0.1, 0.15) is 5.41 Å². The number of hydrogen-bond donors (Lipinski definition) is 2. The zero-order valence-corrected chi connectivity index (χ0v) is 12.8. The van der Waals surface area contributed by atoms with Gasteiger partial charge in [-0.3, -0.25) is 4.79 Å². The molecule has 1 aromatic carbocycles. The molecule has 1 rings (SSSR count). The highest BCUT2D eigenvalue weighted by molar-refractivity contribution is 9.10. The molecule has 0 radical (unpaired) electrons. The molecule has 1 aromatic rings. The Morgan fingerprint density at radius 1 is 1.42 bits per heavy atom. The lowest BCUT2D eigenvalue weighted by molar-refractivity contribution is -0.136. The molecule has 0 aromatic heterocycles. The van der Waals surface area contributed by atoms with E-state index in [9.17, 15) is 4.79 Å². The fraction of sp³-hybridized carbons (Fsp3) is 0.385. The van der Waals surface area contributed by atoms with Crippen LogP contribution in [-0.4, -0.2) is 28.9 Å². The zero-order valence-electron chi connectivity index (χ0n) is 11.2. The molecule has 104 valence electrons. The van der Waals surface area contributed by atoms with Gasteiger partial charge in [-0.2, -0.15) is 0 Å². The SMILES string of the molecule is CN(Cc1ccc(Br)cc1)C(=O)C(C)(C)C(N)=NO. The van der Waals surface area contributed by atoms with Gasteiger partial charge in [0.2, 0.25) is 5.91 Å². The van der Waals surface area contributed by atoms with Crippen LogP contribution in [0.3, 0.4) is 0 Å². The van der Waals surface area contributed by atoms with Gasteiger partial charge in [-0.25, -0.2) is 0 Å². The normalized spacial score (nSPS) is 12.3. The van der Waals surface area contributed by atoms with Crippen molar-refractivity contribution < 1.29 is 10.0 Å². The number of oxime groups is 1. The van der Waals surface area contributed by atoms with Crippen molar-refractivity contribution in [3.63, 3.8) is 0 Å². The molecular weight excluding hydrogens is 310 g/mol. The van der Waals surface area contributed by atoms with Gasteiger partial charge in [0, 0.05) is 18.1 Å². The third-order valence-corrected chi connectivity index (χ3v) is 3.49. The third kappa shape index (κ3) is 3.70. The second kappa shape index (κ2) is 6.06. The van der Waals surface area contributed by atoms with E-state index in [1.54, 1.807) is 25.8 Å². The van der Waals surface area contributed by atoms with Crippen LogP contribution in [0.25, 0.3) is 0 Å². The number of nitrogens with zero attached hydrogens (tertiary/aromatic N) is 2. The molecule has 3 N–H and O–H groups in total. The molecule has 0 bridgehead atoms. The van der Waals surface area contributed by atoms with Crippen LogP contribution in [0.2, 0.25) is 0 Å². The minimum atomic E-state index is -1.03. The van der Waals surface area contributed by atoms with Crippen LogP contribution in [-0.2, 0) is 11.3 Å². The summed E-state index contributed by atoms with van der Waals surface area (Å²) in [6, 6.07) is 7.71. The number of benzene rings is 1. The van der Waals surface area contributed by atoms with Gasteiger partial charge in [-0.05, 0) is 31.5 Å². The number of carbonyl (C=O) groups excluding carboxylic acids is 1. The number of hydrogen-bond acceptors (Lipinski definition) is 3. The Bertz CT molecular complexity index is 483. The van der Waals surface area contributed by atoms with Gasteiger partial charge in [-0.1, -0.05) is 33.2 Å². The number of rotatable bonds is 4. The van der Waals surface area contributed by atoms with Gasteiger partial charge in [0.05, 0.1) is 0 Å². The summed E-state index contributed by atoms with van der Waals surface area (Å²) in [5.41, 5.74) is 5.53. The van der Waals surface area contributed by atoms with Gasteiger partial charge in [0.25, 0.3) is 0 Å². The number of carbonyl (C=O) groups is 1. The molecule has 0 aliphatic carbocycles. The van der Waals surface area contributed by atoms with Crippen LogP contribution in [0, 0.1) is 5.41 Å². The van der Waals surface area contributed by atoms with Gasteiger partial charge < -0.3 is 15.8 Å². The molecule has 5 nitrogen and oxygen atoms in total. The molecule has 0 atom stereocenters. The molecule has 0 saturated carbocycles. The monoisotopic (exact) mass is 327 g/mol. The molecule has 6 heteroatoms. The molecule has 0 spiro atoms. The van der Waals surface area contributed by atoms with E-state index in [0.717, 1.165) is 10.0 Å². The molecule has 0 fully saturated rings. The third-order valence-electron chi connectivity index (χ3n) is 2.96. The first-order valence-electron chi connectivity index (χ1n) is 5.77. The number of nitrogens with two attached hydrogens (primary N) is 1. The summed E-state index contributed by atoms with van der Waals surface area (Å²) in [5.74, 6) is -0.300. The van der Waals surface area contributed by atoms with Crippen LogP contribution in [0.1, 0.15) is 19.4 Å². The fourth-order valence-electron chi connectivity index (χ4n) is 1.65. The highest BCUT2D eigenvalue weighted by Gasteiger charge is 2.35. The van der Waals surface area contributed by atoms with Crippen molar-refractivity contribution in [1.29, 1.82) is 0 Å². The van der Waals surface area contributed by atoms with E-state index in [0.29, 0.717) is 6.54 Å². The molecule has 0 saturated heterocycles. The summed E-state index contributed by atoms with van der Waals surface area (Å²) >= 11 is 3.36. The Morgan fingerprint density at radius 2 is 1.95 bits per heavy atom. The summed E-state index contributed by atoms with van der Waals surface area (Å²) in [6.45, 7) is 3.72. The fourth-order valence-corrected chi connectivity index (χ4v) is 1.91. The van der Waals surface area contributed by atoms with Crippen LogP contribution >= 0.6 is 15.9 Å². The summed E-state index contributed by atoms with van der Waals surface area (Å²) < 4.78 is 0.988. The quantitative estimate of drug-likeness (QED) is 0.385. The van der Waals surface area contributed by atoms with Crippen LogP contribution < -0.4 is 5.73 Å². The van der Waals surface area contributed by atoms with Crippen molar-refractivity contribution in [2.75, 3.05) is 7.05 Å². The average molecular weight is 328 g/mol. The smallest absolute Gasteiger partial charge is 0.235 e. The maximum absolute atomic E-state index is 12.3. The van der Waals surface area contributed by atoms with Gasteiger partial charge in [0.15, 0.2) is 5.84 Å². The lowest BCUT2D eigenvalue weighted by atomic mass is 9.90. The molecule has 0 unspecified atom stereocenters. The second-order valence-corrected chi connectivity index (χ2v) is 5.81. The standard InChI is InChI=1S/C13H18BrN3O2/c1-13(2,11(15)16-19)12(18)17(3)8-9-4-6-10(14)7-5-9/h4-7,19H,8H2,1-3H3,(H2,15,16). The van der Waals surface area contributed by atoms with Crippen molar-refractivity contribution >= 4 is 27.7 Å². The topological polar surface area (TPSA) is 78.9 Å². The van der Waals surface area contributed by atoms with E-state index in [1.165, 1.54) is 0 Å². The van der Waals surface area contributed by atoms with Crippen LogP contribution in [0.15, 0.2) is 33.9 Å². The van der Waals surface area contributed by atoms with Crippen molar-refractivity contribution in [3.8, 4) is 0 Å². The van der Waals surface area contributed by atoms with E-state index < -0.39 is 5.41 Å². The predicted octanol–water partition coefficient (Wildman–Crippen LogP) is 2.18. The van der Waals surface area contributed by atoms with Crippen LogP contribution in [0.4, 0.5) is 0 Å². The van der Waals surface area contributed by atoms with Crippen molar-refractivity contribution in [1.82, 2.24) is 4.90 Å². The van der Waals surface area contributed by atoms with Crippen LogP contribution in [0.5, 0.6) is 0 Å². The van der Waals surface area contributed by atoms with Crippen molar-refractivity contribution in [3.05, 3.63) is 34.3 Å².